The third kappa shape index (κ3) is 1.39. The Kier molecular flexibility index (Phi) is 2.33. The molecule has 0 aromatic heterocycles. The fraction of sp³-hybridized carbons (Fsp3) is 0.385. The number of fused-ring (bicyclic) bond motifs is 3. The summed E-state index contributed by atoms with van der Waals surface area (Å²) in [6.45, 7) is 1.73. The van der Waals surface area contributed by atoms with Crippen molar-refractivity contribution in [3.63, 3.8) is 0 Å². The molecular formula is C13H15NO2. The highest BCUT2D eigenvalue weighted by Gasteiger charge is 2.28. The van der Waals surface area contributed by atoms with Gasteiger partial charge in [-0.25, -0.2) is 0 Å². The Labute approximate surface area is 95.1 Å². The van der Waals surface area contributed by atoms with Crippen LogP contribution in [-0.2, 0) is 0 Å². The molecule has 1 aromatic carbocycles. The Morgan fingerprint density at radius 1 is 1.44 bits per heavy atom. The largest absolute Gasteiger partial charge is 0.493 e. The van der Waals surface area contributed by atoms with Crippen LogP contribution in [-0.4, -0.2) is 26.3 Å². The van der Waals surface area contributed by atoms with E-state index in [2.05, 4.69) is 17.5 Å². The number of hydrogen-bond acceptors (Lipinski definition) is 3. The Bertz CT molecular complexity index is 440. The van der Waals surface area contributed by atoms with Crippen LogP contribution in [0.4, 0.5) is 0 Å². The van der Waals surface area contributed by atoms with Gasteiger partial charge in [0.2, 0.25) is 0 Å². The van der Waals surface area contributed by atoms with Crippen LogP contribution in [0.5, 0.6) is 11.5 Å². The topological polar surface area (TPSA) is 30.5 Å². The van der Waals surface area contributed by atoms with Crippen molar-refractivity contribution < 1.29 is 9.47 Å². The van der Waals surface area contributed by atoms with Gasteiger partial charge >= 0.3 is 0 Å². The standard InChI is InChI=1S/C13H15NO2/c1-15-12-6-2-4-10-9-5-3-7-14-11(9)8-16-13(10)12/h2,4-6,11,14H,3,7-8H2,1H3/t11-/m1/s1. The minimum absolute atomic E-state index is 0.341. The summed E-state index contributed by atoms with van der Waals surface area (Å²) in [5, 5.41) is 3.47. The van der Waals surface area contributed by atoms with E-state index < -0.39 is 0 Å². The summed E-state index contributed by atoms with van der Waals surface area (Å²) in [5.74, 6) is 1.71. The fourth-order valence-electron chi connectivity index (χ4n) is 2.40. The molecule has 0 unspecified atom stereocenters. The molecule has 0 bridgehead atoms. The van der Waals surface area contributed by atoms with E-state index >= 15 is 0 Å². The van der Waals surface area contributed by atoms with E-state index in [1.54, 1.807) is 7.11 Å². The van der Waals surface area contributed by atoms with Crippen molar-refractivity contribution in [2.75, 3.05) is 20.3 Å². The van der Waals surface area contributed by atoms with E-state index in [0.29, 0.717) is 12.6 Å². The van der Waals surface area contributed by atoms with Crippen molar-refractivity contribution in [1.29, 1.82) is 0 Å². The smallest absolute Gasteiger partial charge is 0.168 e. The van der Waals surface area contributed by atoms with Gasteiger partial charge in [-0.15, -0.1) is 0 Å². The maximum Gasteiger partial charge on any atom is 0.168 e. The quantitative estimate of drug-likeness (QED) is 0.778. The van der Waals surface area contributed by atoms with E-state index in [9.17, 15) is 0 Å². The van der Waals surface area contributed by atoms with E-state index in [4.69, 9.17) is 9.47 Å². The lowest BCUT2D eigenvalue weighted by molar-refractivity contribution is 0.260. The molecular weight excluding hydrogens is 202 g/mol. The molecule has 3 nitrogen and oxygen atoms in total. The molecule has 3 rings (SSSR count). The zero-order chi connectivity index (χ0) is 11.0. The van der Waals surface area contributed by atoms with Gasteiger partial charge in [0.05, 0.1) is 13.2 Å². The second kappa shape index (κ2) is 3.83. The highest BCUT2D eigenvalue weighted by atomic mass is 16.5. The first kappa shape index (κ1) is 9.73. The summed E-state index contributed by atoms with van der Waals surface area (Å²) < 4.78 is 11.1. The van der Waals surface area contributed by atoms with Crippen LogP contribution in [0, 0.1) is 0 Å². The molecule has 0 radical (unpaired) electrons. The van der Waals surface area contributed by atoms with Gasteiger partial charge in [-0.1, -0.05) is 18.2 Å². The molecule has 2 aliphatic heterocycles. The maximum absolute atomic E-state index is 5.79. The molecule has 0 saturated carbocycles. The fourth-order valence-corrected chi connectivity index (χ4v) is 2.40. The average Bonchev–Trinajstić information content (AvgIpc) is 2.37. The first-order valence-corrected chi connectivity index (χ1v) is 5.64. The second-order valence-corrected chi connectivity index (χ2v) is 4.10. The predicted molar refractivity (Wildman–Crippen MR) is 62.9 cm³/mol. The van der Waals surface area contributed by atoms with Crippen LogP contribution in [0.2, 0.25) is 0 Å². The Balaban J connectivity index is 2.12. The molecule has 3 heteroatoms. The second-order valence-electron chi connectivity index (χ2n) is 4.10. The van der Waals surface area contributed by atoms with E-state index in [-0.39, 0.29) is 0 Å². The van der Waals surface area contributed by atoms with Gasteiger partial charge in [0, 0.05) is 5.56 Å². The number of para-hydroxylation sites is 1. The zero-order valence-electron chi connectivity index (χ0n) is 9.32. The molecule has 0 aliphatic carbocycles. The molecule has 1 N–H and O–H groups in total. The molecule has 84 valence electrons. The Morgan fingerprint density at radius 2 is 2.38 bits per heavy atom. The van der Waals surface area contributed by atoms with Gasteiger partial charge in [0.15, 0.2) is 11.5 Å². The van der Waals surface area contributed by atoms with Crippen LogP contribution >= 0.6 is 0 Å². The molecule has 2 aliphatic rings. The first-order chi connectivity index (χ1) is 7.90. The molecule has 1 aromatic rings. The first-order valence-electron chi connectivity index (χ1n) is 5.64. The highest BCUT2D eigenvalue weighted by molar-refractivity contribution is 5.78. The molecule has 0 saturated heterocycles. The van der Waals surface area contributed by atoms with E-state index in [0.717, 1.165) is 24.5 Å². The Hall–Kier alpha value is -1.48. The number of ether oxygens (including phenoxy) is 2. The van der Waals surface area contributed by atoms with Crippen molar-refractivity contribution in [2.45, 2.75) is 12.5 Å². The lowest BCUT2D eigenvalue weighted by atomic mass is 9.92. The van der Waals surface area contributed by atoms with Gasteiger partial charge < -0.3 is 14.8 Å². The summed E-state index contributed by atoms with van der Waals surface area (Å²) in [4.78, 5) is 0. The molecule has 0 fully saturated rings. The SMILES string of the molecule is COc1cccc2c1OC[C@H]1NCCC=C21. The summed E-state index contributed by atoms with van der Waals surface area (Å²) in [7, 11) is 1.68. The van der Waals surface area contributed by atoms with Crippen molar-refractivity contribution in [2.24, 2.45) is 0 Å². The number of rotatable bonds is 1. The lowest BCUT2D eigenvalue weighted by Crippen LogP contribution is -2.41. The van der Waals surface area contributed by atoms with E-state index in [1.165, 1.54) is 11.1 Å². The van der Waals surface area contributed by atoms with Crippen molar-refractivity contribution >= 4 is 5.57 Å². The third-order valence-corrected chi connectivity index (χ3v) is 3.18. The van der Waals surface area contributed by atoms with Gasteiger partial charge in [0.25, 0.3) is 0 Å². The zero-order valence-corrected chi connectivity index (χ0v) is 9.32. The highest BCUT2D eigenvalue weighted by Crippen LogP contribution is 2.40. The predicted octanol–water partition coefficient (Wildman–Crippen LogP) is 1.83. The summed E-state index contributed by atoms with van der Waals surface area (Å²) >= 11 is 0. The van der Waals surface area contributed by atoms with Crippen LogP contribution in [0.1, 0.15) is 12.0 Å². The molecule has 2 heterocycles. The molecule has 16 heavy (non-hydrogen) atoms. The normalized spacial score (nSPS) is 22.6. The molecule has 0 spiro atoms. The van der Waals surface area contributed by atoms with Gasteiger partial charge in [-0.05, 0) is 24.6 Å². The maximum atomic E-state index is 5.79. The van der Waals surface area contributed by atoms with Gasteiger partial charge in [-0.3, -0.25) is 0 Å². The van der Waals surface area contributed by atoms with Crippen LogP contribution < -0.4 is 14.8 Å². The van der Waals surface area contributed by atoms with Crippen molar-refractivity contribution in [1.82, 2.24) is 5.32 Å². The lowest BCUT2D eigenvalue weighted by Gasteiger charge is -2.32. The average molecular weight is 217 g/mol. The summed E-state index contributed by atoms with van der Waals surface area (Å²) in [6, 6.07) is 6.39. The van der Waals surface area contributed by atoms with Crippen molar-refractivity contribution in [3.8, 4) is 11.5 Å². The van der Waals surface area contributed by atoms with Crippen LogP contribution in [0.3, 0.4) is 0 Å². The summed E-state index contributed by atoms with van der Waals surface area (Å²) in [6.07, 6.45) is 3.39. The van der Waals surface area contributed by atoms with E-state index in [1.807, 2.05) is 12.1 Å². The third-order valence-electron chi connectivity index (χ3n) is 3.18. The van der Waals surface area contributed by atoms with Gasteiger partial charge in [-0.2, -0.15) is 0 Å². The number of nitrogens with one attached hydrogen (secondary N) is 1. The number of hydrogen-bond donors (Lipinski definition) is 1. The number of methoxy groups -OCH3 is 1. The Morgan fingerprint density at radius 3 is 3.25 bits per heavy atom. The van der Waals surface area contributed by atoms with Gasteiger partial charge in [0.1, 0.15) is 6.61 Å². The van der Waals surface area contributed by atoms with Crippen LogP contribution in [0.15, 0.2) is 24.3 Å². The molecule has 0 amide bonds. The minimum Gasteiger partial charge on any atom is -0.493 e. The monoisotopic (exact) mass is 217 g/mol. The molecule has 1 atom stereocenters. The minimum atomic E-state index is 0.341. The van der Waals surface area contributed by atoms with Crippen LogP contribution in [0.25, 0.3) is 5.57 Å². The number of benzene rings is 1. The van der Waals surface area contributed by atoms with Crippen molar-refractivity contribution in [3.05, 3.63) is 29.8 Å². The summed E-state index contributed by atoms with van der Waals surface area (Å²) in [5.41, 5.74) is 2.52.